The fourth-order valence-corrected chi connectivity index (χ4v) is 4.23. The molecule has 0 bridgehead atoms. The van der Waals surface area contributed by atoms with Gasteiger partial charge in [0, 0.05) is 38.2 Å². The van der Waals surface area contributed by atoms with Crippen molar-refractivity contribution >= 4 is 29.7 Å². The minimum absolute atomic E-state index is 0.118. The van der Waals surface area contributed by atoms with Crippen molar-refractivity contribution in [2.24, 2.45) is 0 Å². The van der Waals surface area contributed by atoms with Crippen LogP contribution >= 0.6 is 0 Å². The zero-order valence-corrected chi connectivity index (χ0v) is 21.0. The van der Waals surface area contributed by atoms with Gasteiger partial charge in [-0.1, -0.05) is 12.2 Å². The Hall–Kier alpha value is -3.21. The summed E-state index contributed by atoms with van der Waals surface area (Å²) in [4.78, 5) is 65.1. The maximum absolute atomic E-state index is 13.0. The second kappa shape index (κ2) is 10.2. The van der Waals surface area contributed by atoms with Gasteiger partial charge in [-0.05, 0) is 46.6 Å². The molecular weight excluding hydrogens is 454 g/mol. The lowest BCUT2D eigenvalue weighted by molar-refractivity contribution is -0.137. The maximum Gasteiger partial charge on any atom is 0.410 e. The minimum atomic E-state index is -1.03. The first-order valence-electron chi connectivity index (χ1n) is 11.8. The number of piperidine rings is 1. The van der Waals surface area contributed by atoms with Crippen LogP contribution in [-0.4, -0.2) is 89.4 Å². The number of nitrogens with zero attached hydrogens (tertiary/aromatic N) is 2. The third-order valence-electron chi connectivity index (χ3n) is 6.40. The van der Waals surface area contributed by atoms with Crippen LogP contribution < -0.4 is 16.0 Å². The van der Waals surface area contributed by atoms with Crippen LogP contribution in [0.4, 0.5) is 4.79 Å². The number of carbonyl (C=O) groups excluding carboxylic acids is 5. The molecule has 0 aromatic rings. The Labute approximate surface area is 205 Å². The van der Waals surface area contributed by atoms with E-state index < -0.39 is 29.0 Å². The summed E-state index contributed by atoms with van der Waals surface area (Å²) in [5.41, 5.74) is -0.483. The molecule has 5 amide bonds. The average Bonchev–Trinajstić information content (AvgIpc) is 3.03. The summed E-state index contributed by atoms with van der Waals surface area (Å²) < 4.78 is 5.40. The summed E-state index contributed by atoms with van der Waals surface area (Å²) in [5, 5.41) is 7.86. The monoisotopic (exact) mass is 489 g/mol. The predicted octanol–water partition coefficient (Wildman–Crippen LogP) is 0.222. The number of hydrogen-bond donors (Lipinski definition) is 3. The van der Waals surface area contributed by atoms with Crippen LogP contribution in [0.1, 0.15) is 47.5 Å². The Balaban J connectivity index is 1.54. The number of ether oxygens (including phenoxy) is 1. The number of amides is 5. The Kier molecular flexibility index (Phi) is 7.68. The van der Waals surface area contributed by atoms with Crippen molar-refractivity contribution in [2.75, 3.05) is 32.7 Å². The van der Waals surface area contributed by atoms with Gasteiger partial charge in [0.2, 0.25) is 17.7 Å². The van der Waals surface area contributed by atoms with Crippen LogP contribution in [0.2, 0.25) is 0 Å². The highest BCUT2D eigenvalue weighted by atomic mass is 16.6. The predicted molar refractivity (Wildman–Crippen MR) is 127 cm³/mol. The zero-order valence-electron chi connectivity index (χ0n) is 21.0. The molecule has 0 aromatic carbocycles. The summed E-state index contributed by atoms with van der Waals surface area (Å²) >= 11 is 0. The molecule has 0 radical (unpaired) electrons. The summed E-state index contributed by atoms with van der Waals surface area (Å²) in [6, 6.07) is -0.803. The van der Waals surface area contributed by atoms with Crippen LogP contribution in [0.15, 0.2) is 23.3 Å². The molecule has 3 N–H and O–H groups in total. The molecule has 3 aliphatic rings. The third kappa shape index (κ3) is 6.47. The van der Waals surface area contributed by atoms with Crippen LogP contribution in [0.3, 0.4) is 0 Å². The molecule has 3 rings (SSSR count). The van der Waals surface area contributed by atoms with Gasteiger partial charge >= 0.3 is 6.09 Å². The Morgan fingerprint density at radius 1 is 1.14 bits per heavy atom. The average molecular weight is 490 g/mol. The van der Waals surface area contributed by atoms with E-state index in [-0.39, 0.29) is 37.3 Å². The summed E-state index contributed by atoms with van der Waals surface area (Å²) in [7, 11) is 0. The van der Waals surface area contributed by atoms with E-state index in [0.717, 1.165) is 5.57 Å². The van der Waals surface area contributed by atoms with Crippen molar-refractivity contribution in [2.45, 2.75) is 64.6 Å². The molecule has 2 aliphatic heterocycles. The van der Waals surface area contributed by atoms with Gasteiger partial charge in [-0.25, -0.2) is 4.79 Å². The highest BCUT2D eigenvalue weighted by Gasteiger charge is 2.41. The van der Waals surface area contributed by atoms with Gasteiger partial charge in [0.05, 0.1) is 12.1 Å². The Morgan fingerprint density at radius 3 is 2.40 bits per heavy atom. The number of carbonyl (C=O) groups is 5. The molecule has 0 aromatic heterocycles. The fraction of sp³-hybridized carbons (Fsp3) is 0.625. The van der Waals surface area contributed by atoms with Gasteiger partial charge < -0.3 is 20.3 Å². The summed E-state index contributed by atoms with van der Waals surface area (Å²) in [6.45, 7) is 11.1. The molecular formula is C24H35N5O6. The molecule has 2 saturated heterocycles. The highest BCUT2D eigenvalue weighted by molar-refractivity contribution is 6.05. The quantitative estimate of drug-likeness (QED) is 0.470. The zero-order chi connectivity index (χ0) is 26.0. The van der Waals surface area contributed by atoms with Crippen molar-refractivity contribution in [3.63, 3.8) is 0 Å². The molecule has 1 aliphatic carbocycles. The molecule has 2 atom stereocenters. The minimum Gasteiger partial charge on any atom is -0.444 e. The van der Waals surface area contributed by atoms with Gasteiger partial charge in [-0.2, -0.15) is 0 Å². The first-order chi connectivity index (χ1) is 16.3. The van der Waals surface area contributed by atoms with Crippen LogP contribution in [0, 0.1) is 0 Å². The lowest BCUT2D eigenvalue weighted by Crippen LogP contribution is -2.57. The van der Waals surface area contributed by atoms with E-state index in [1.165, 1.54) is 0 Å². The van der Waals surface area contributed by atoms with Crippen LogP contribution in [0.25, 0.3) is 0 Å². The number of piperazine rings is 1. The standard InChI is InChI=1S/C24H35N5O6/c1-15-6-7-16(20(32)25-17-8-9-18(30)26-21(17)33)24(15,5)27-19(31)14-28-10-12-29(13-11-28)22(34)35-23(2,3)4/h6-7,17H,8-14H2,1-5H3,(H,25,32)(H,27,31)(H,26,30,33)/t17?,24-/m1/s1. The van der Waals surface area contributed by atoms with Crippen molar-refractivity contribution in [3.8, 4) is 0 Å². The Bertz CT molecular complexity index is 973. The molecule has 11 nitrogen and oxygen atoms in total. The van der Waals surface area contributed by atoms with E-state index in [1.54, 1.807) is 24.0 Å². The largest absolute Gasteiger partial charge is 0.444 e. The number of hydrogen-bond acceptors (Lipinski definition) is 7. The molecule has 0 spiro atoms. The summed E-state index contributed by atoms with van der Waals surface area (Å²) in [5.74, 6) is -1.62. The van der Waals surface area contributed by atoms with E-state index in [1.807, 2.05) is 32.6 Å². The third-order valence-corrected chi connectivity index (χ3v) is 6.40. The molecule has 2 heterocycles. The van der Waals surface area contributed by atoms with Gasteiger partial charge in [0.15, 0.2) is 0 Å². The number of allylic oxidation sites excluding steroid dienone is 2. The molecule has 1 unspecified atom stereocenters. The van der Waals surface area contributed by atoms with E-state index in [0.29, 0.717) is 31.8 Å². The maximum atomic E-state index is 13.0. The van der Waals surface area contributed by atoms with E-state index >= 15 is 0 Å². The lowest BCUT2D eigenvalue weighted by atomic mass is 9.88. The molecule has 0 saturated carbocycles. The first kappa shape index (κ1) is 26.4. The van der Waals surface area contributed by atoms with Gasteiger partial charge in [0.1, 0.15) is 11.6 Å². The van der Waals surface area contributed by atoms with Crippen molar-refractivity contribution in [1.29, 1.82) is 0 Å². The van der Waals surface area contributed by atoms with E-state index in [9.17, 15) is 24.0 Å². The number of imide groups is 1. The second-order valence-corrected chi connectivity index (χ2v) is 10.3. The normalized spacial score (nSPS) is 25.4. The molecule has 2 fully saturated rings. The number of rotatable bonds is 5. The first-order valence-corrected chi connectivity index (χ1v) is 11.8. The van der Waals surface area contributed by atoms with Gasteiger partial charge in [-0.3, -0.25) is 29.4 Å². The SMILES string of the molecule is CC1=CC=C(C(=O)NC2CCC(=O)NC2=O)[C@]1(C)NC(=O)CN1CCN(C(=O)OC(C)(C)C)CC1. The van der Waals surface area contributed by atoms with Crippen molar-refractivity contribution in [1.82, 2.24) is 25.8 Å². The summed E-state index contributed by atoms with van der Waals surface area (Å²) in [6.07, 6.45) is 3.42. The lowest BCUT2D eigenvalue weighted by Gasteiger charge is -2.36. The fourth-order valence-electron chi connectivity index (χ4n) is 4.23. The van der Waals surface area contributed by atoms with Gasteiger partial charge in [-0.15, -0.1) is 0 Å². The van der Waals surface area contributed by atoms with Crippen molar-refractivity contribution < 1.29 is 28.7 Å². The van der Waals surface area contributed by atoms with Crippen LogP contribution in [-0.2, 0) is 23.9 Å². The Morgan fingerprint density at radius 2 is 1.80 bits per heavy atom. The van der Waals surface area contributed by atoms with Crippen LogP contribution in [0.5, 0.6) is 0 Å². The molecule has 11 heteroatoms. The molecule has 192 valence electrons. The highest BCUT2D eigenvalue weighted by Crippen LogP contribution is 2.31. The topological polar surface area (TPSA) is 137 Å². The van der Waals surface area contributed by atoms with E-state index in [4.69, 9.17) is 4.74 Å². The second-order valence-electron chi connectivity index (χ2n) is 10.3. The number of nitrogens with one attached hydrogen (secondary N) is 3. The smallest absolute Gasteiger partial charge is 0.410 e. The van der Waals surface area contributed by atoms with E-state index in [2.05, 4.69) is 16.0 Å². The molecule has 35 heavy (non-hydrogen) atoms. The van der Waals surface area contributed by atoms with Crippen molar-refractivity contribution in [3.05, 3.63) is 23.3 Å². The van der Waals surface area contributed by atoms with Gasteiger partial charge in [0.25, 0.3) is 5.91 Å².